The number of benzene rings is 1. The van der Waals surface area contributed by atoms with E-state index in [2.05, 4.69) is 9.97 Å². The standard InChI is InChI=1S/C12H11ClN2O4/c1-6(12(17)18)19-5-10-14-9-3-2-7(13)4-8(9)11(16)15-10/h2-4,6H,5H2,1H3,(H,17,18)(H,14,15,16)/t6-/m1/s1. The van der Waals surface area contributed by atoms with Gasteiger partial charge in [0.1, 0.15) is 12.4 Å². The lowest BCUT2D eigenvalue weighted by Crippen LogP contribution is -2.21. The highest BCUT2D eigenvalue weighted by molar-refractivity contribution is 6.31. The number of rotatable bonds is 4. The quantitative estimate of drug-likeness (QED) is 0.888. The molecule has 6 nitrogen and oxygen atoms in total. The van der Waals surface area contributed by atoms with Gasteiger partial charge in [-0.2, -0.15) is 0 Å². The highest BCUT2D eigenvalue weighted by Gasteiger charge is 2.12. The van der Waals surface area contributed by atoms with Gasteiger partial charge < -0.3 is 14.8 Å². The Morgan fingerprint density at radius 1 is 1.58 bits per heavy atom. The first-order valence-electron chi connectivity index (χ1n) is 5.50. The van der Waals surface area contributed by atoms with Crippen LogP contribution in [0, 0.1) is 0 Å². The van der Waals surface area contributed by atoms with Gasteiger partial charge in [-0.3, -0.25) is 4.79 Å². The molecule has 0 amide bonds. The Morgan fingerprint density at radius 3 is 3.00 bits per heavy atom. The van der Waals surface area contributed by atoms with E-state index in [-0.39, 0.29) is 18.0 Å². The zero-order chi connectivity index (χ0) is 14.0. The highest BCUT2D eigenvalue weighted by atomic mass is 35.5. The predicted molar refractivity (Wildman–Crippen MR) is 69.3 cm³/mol. The van der Waals surface area contributed by atoms with Crippen molar-refractivity contribution in [2.24, 2.45) is 0 Å². The van der Waals surface area contributed by atoms with E-state index >= 15 is 0 Å². The molecule has 100 valence electrons. The van der Waals surface area contributed by atoms with Gasteiger partial charge in [-0.05, 0) is 25.1 Å². The Hall–Kier alpha value is -1.92. The van der Waals surface area contributed by atoms with Crippen LogP contribution in [0.15, 0.2) is 23.0 Å². The van der Waals surface area contributed by atoms with Gasteiger partial charge in [0.15, 0.2) is 6.10 Å². The summed E-state index contributed by atoms with van der Waals surface area (Å²) < 4.78 is 5.06. The first-order chi connectivity index (χ1) is 8.97. The Bertz CT molecular complexity index is 683. The zero-order valence-electron chi connectivity index (χ0n) is 10.0. The fourth-order valence-corrected chi connectivity index (χ4v) is 1.68. The van der Waals surface area contributed by atoms with Gasteiger partial charge in [0.25, 0.3) is 5.56 Å². The van der Waals surface area contributed by atoms with Crippen LogP contribution in [-0.2, 0) is 16.1 Å². The summed E-state index contributed by atoms with van der Waals surface area (Å²) in [6.45, 7) is 1.32. The number of nitrogens with zero attached hydrogens (tertiary/aromatic N) is 1. The van der Waals surface area contributed by atoms with Crippen molar-refractivity contribution >= 4 is 28.5 Å². The van der Waals surface area contributed by atoms with Gasteiger partial charge in [0.2, 0.25) is 0 Å². The van der Waals surface area contributed by atoms with E-state index in [0.717, 1.165) is 0 Å². The van der Waals surface area contributed by atoms with E-state index in [4.69, 9.17) is 21.4 Å². The monoisotopic (exact) mass is 282 g/mol. The first kappa shape index (κ1) is 13.5. The molecule has 0 aliphatic heterocycles. The topological polar surface area (TPSA) is 92.3 Å². The zero-order valence-corrected chi connectivity index (χ0v) is 10.8. The summed E-state index contributed by atoms with van der Waals surface area (Å²) in [6, 6.07) is 4.77. The second-order valence-electron chi connectivity index (χ2n) is 3.97. The number of carboxylic acid groups (broad SMARTS) is 1. The summed E-state index contributed by atoms with van der Waals surface area (Å²) in [7, 11) is 0. The van der Waals surface area contributed by atoms with E-state index in [0.29, 0.717) is 15.9 Å². The molecule has 0 radical (unpaired) electrons. The smallest absolute Gasteiger partial charge is 0.332 e. The van der Waals surface area contributed by atoms with Crippen LogP contribution in [0.5, 0.6) is 0 Å². The molecule has 1 aromatic carbocycles. The van der Waals surface area contributed by atoms with Crippen molar-refractivity contribution in [2.45, 2.75) is 19.6 Å². The molecule has 1 aromatic heterocycles. The van der Waals surface area contributed by atoms with Crippen molar-refractivity contribution in [1.29, 1.82) is 0 Å². The number of nitrogens with one attached hydrogen (secondary N) is 1. The number of ether oxygens (including phenoxy) is 1. The molecule has 0 bridgehead atoms. The maximum absolute atomic E-state index is 11.8. The Kier molecular flexibility index (Phi) is 3.82. The maximum Gasteiger partial charge on any atom is 0.332 e. The Balaban J connectivity index is 2.29. The van der Waals surface area contributed by atoms with E-state index < -0.39 is 12.1 Å². The van der Waals surface area contributed by atoms with Crippen molar-refractivity contribution < 1.29 is 14.6 Å². The molecule has 7 heteroatoms. The number of carbonyl (C=O) groups is 1. The summed E-state index contributed by atoms with van der Waals surface area (Å²) in [4.78, 5) is 29.1. The molecule has 0 unspecified atom stereocenters. The van der Waals surface area contributed by atoms with Gasteiger partial charge >= 0.3 is 5.97 Å². The summed E-state index contributed by atoms with van der Waals surface area (Å²) in [6.07, 6.45) is -0.966. The minimum atomic E-state index is -1.07. The number of fused-ring (bicyclic) bond motifs is 1. The second kappa shape index (κ2) is 5.38. The fourth-order valence-electron chi connectivity index (χ4n) is 1.50. The maximum atomic E-state index is 11.8. The second-order valence-corrected chi connectivity index (χ2v) is 4.40. The Morgan fingerprint density at radius 2 is 2.32 bits per heavy atom. The van der Waals surface area contributed by atoms with Gasteiger partial charge in [0.05, 0.1) is 10.9 Å². The molecule has 19 heavy (non-hydrogen) atoms. The molecule has 2 N–H and O–H groups in total. The van der Waals surface area contributed by atoms with Gasteiger partial charge in [0, 0.05) is 5.02 Å². The molecule has 0 fully saturated rings. The van der Waals surface area contributed by atoms with Crippen LogP contribution in [0.3, 0.4) is 0 Å². The van der Waals surface area contributed by atoms with Gasteiger partial charge in [-0.1, -0.05) is 11.6 Å². The summed E-state index contributed by atoms with van der Waals surface area (Å²) >= 11 is 5.80. The third-order valence-corrected chi connectivity index (χ3v) is 2.77. The van der Waals surface area contributed by atoms with Crippen LogP contribution in [0.2, 0.25) is 5.02 Å². The van der Waals surface area contributed by atoms with Crippen molar-refractivity contribution in [1.82, 2.24) is 9.97 Å². The van der Waals surface area contributed by atoms with Crippen molar-refractivity contribution in [3.05, 3.63) is 39.4 Å². The van der Waals surface area contributed by atoms with Crippen LogP contribution in [0.1, 0.15) is 12.7 Å². The molecule has 0 aliphatic carbocycles. The van der Waals surface area contributed by atoms with Gasteiger partial charge in [-0.25, -0.2) is 9.78 Å². The van der Waals surface area contributed by atoms with Crippen molar-refractivity contribution in [3.63, 3.8) is 0 Å². The van der Waals surface area contributed by atoms with E-state index in [1.165, 1.54) is 13.0 Å². The highest BCUT2D eigenvalue weighted by Crippen LogP contribution is 2.14. The number of H-pyrrole nitrogens is 1. The largest absolute Gasteiger partial charge is 0.479 e. The van der Waals surface area contributed by atoms with Gasteiger partial charge in [-0.15, -0.1) is 0 Å². The molecule has 0 saturated carbocycles. The molecule has 2 aromatic rings. The minimum Gasteiger partial charge on any atom is -0.479 e. The molecule has 1 heterocycles. The van der Waals surface area contributed by atoms with Crippen LogP contribution in [-0.4, -0.2) is 27.1 Å². The summed E-state index contributed by atoms with van der Waals surface area (Å²) in [5.74, 6) is -0.803. The normalized spacial score (nSPS) is 12.5. The third-order valence-electron chi connectivity index (χ3n) is 2.53. The summed E-state index contributed by atoms with van der Waals surface area (Å²) in [5.41, 5.74) is 0.142. The van der Waals surface area contributed by atoms with Crippen LogP contribution in [0.4, 0.5) is 0 Å². The molecule has 0 aliphatic rings. The van der Waals surface area contributed by atoms with Crippen molar-refractivity contribution in [2.75, 3.05) is 0 Å². The number of aromatic nitrogens is 2. The van der Waals surface area contributed by atoms with E-state index in [9.17, 15) is 9.59 Å². The van der Waals surface area contributed by atoms with Crippen LogP contribution < -0.4 is 5.56 Å². The Labute approximate surface area is 113 Å². The fraction of sp³-hybridized carbons (Fsp3) is 0.250. The number of hydrogen-bond acceptors (Lipinski definition) is 4. The van der Waals surface area contributed by atoms with E-state index in [1.807, 2.05) is 0 Å². The SMILES string of the molecule is C[C@@H](OCc1nc2ccc(Cl)cc2c(=O)[nH]1)C(=O)O. The lowest BCUT2D eigenvalue weighted by molar-refractivity contribution is -0.150. The number of halogens is 1. The number of carboxylic acids is 1. The summed E-state index contributed by atoms with van der Waals surface area (Å²) in [5, 5.41) is 9.51. The first-order valence-corrected chi connectivity index (χ1v) is 5.88. The molecular formula is C12H11ClN2O4. The van der Waals surface area contributed by atoms with Crippen molar-refractivity contribution in [3.8, 4) is 0 Å². The average molecular weight is 283 g/mol. The molecule has 1 atom stereocenters. The number of aliphatic carboxylic acids is 1. The lowest BCUT2D eigenvalue weighted by atomic mass is 10.2. The van der Waals surface area contributed by atoms with Crippen LogP contribution in [0.25, 0.3) is 10.9 Å². The lowest BCUT2D eigenvalue weighted by Gasteiger charge is -2.08. The number of hydrogen-bond donors (Lipinski definition) is 2. The minimum absolute atomic E-state index is 0.0821. The number of aromatic amines is 1. The van der Waals surface area contributed by atoms with Crippen LogP contribution >= 0.6 is 11.6 Å². The predicted octanol–water partition coefficient (Wildman–Crippen LogP) is 1.57. The average Bonchev–Trinajstić information content (AvgIpc) is 2.36. The third kappa shape index (κ3) is 3.10. The molecular weight excluding hydrogens is 272 g/mol. The van der Waals surface area contributed by atoms with E-state index in [1.54, 1.807) is 12.1 Å². The molecule has 0 saturated heterocycles. The molecule has 0 spiro atoms. The molecule has 2 rings (SSSR count).